The van der Waals surface area contributed by atoms with Crippen LogP contribution in [0.15, 0.2) is 18.2 Å². The third-order valence-electron chi connectivity index (χ3n) is 3.77. The first-order valence-electron chi connectivity index (χ1n) is 8.25. The predicted octanol–water partition coefficient (Wildman–Crippen LogP) is 5.05. The number of benzene rings is 1. The molecule has 0 heterocycles. The molecule has 23 heavy (non-hydrogen) atoms. The maximum atomic E-state index is 12.7. The Hall–Kier alpha value is -1.26. The summed E-state index contributed by atoms with van der Waals surface area (Å²) in [4.78, 5) is 12.7. The molecule has 0 radical (unpaired) electrons. The monoisotopic (exact) mass is 341 g/mol. The van der Waals surface area contributed by atoms with E-state index >= 15 is 0 Å². The first-order chi connectivity index (χ1) is 11.0. The highest BCUT2D eigenvalue weighted by Crippen LogP contribution is 2.28. The van der Waals surface area contributed by atoms with Crippen LogP contribution in [0.4, 0.5) is 5.69 Å². The number of carbonyl (C=O) groups is 1. The normalized spacial score (nSPS) is 13.4. The van der Waals surface area contributed by atoms with Crippen LogP contribution in [0.2, 0.25) is 5.02 Å². The second-order valence-electron chi connectivity index (χ2n) is 5.84. The highest BCUT2D eigenvalue weighted by molar-refractivity contribution is 6.32. The van der Waals surface area contributed by atoms with Gasteiger partial charge in [-0.3, -0.25) is 4.79 Å². The van der Waals surface area contributed by atoms with Crippen molar-refractivity contribution in [3.05, 3.63) is 23.2 Å². The van der Waals surface area contributed by atoms with Crippen molar-refractivity contribution >= 4 is 23.2 Å². The topological polar surface area (TPSA) is 47.6 Å². The number of ether oxygens (including phenoxy) is 2. The number of hydrogen-bond acceptors (Lipinski definition) is 3. The van der Waals surface area contributed by atoms with Crippen LogP contribution < -0.4 is 10.1 Å². The van der Waals surface area contributed by atoms with Gasteiger partial charge in [0.2, 0.25) is 0 Å². The SMILES string of the molecule is CCCCCC(C)(OCCC)C(=O)Nc1ccc(OC)c(Cl)c1. The first kappa shape index (κ1) is 19.8. The third-order valence-corrected chi connectivity index (χ3v) is 4.07. The average Bonchev–Trinajstić information content (AvgIpc) is 2.53. The second kappa shape index (κ2) is 9.78. The molecule has 0 aliphatic carbocycles. The van der Waals surface area contributed by atoms with E-state index in [1.54, 1.807) is 25.3 Å². The van der Waals surface area contributed by atoms with Crippen molar-refractivity contribution in [3.63, 3.8) is 0 Å². The number of methoxy groups -OCH3 is 1. The number of carbonyl (C=O) groups excluding carboxylic acids is 1. The summed E-state index contributed by atoms with van der Waals surface area (Å²) in [5, 5.41) is 3.37. The minimum Gasteiger partial charge on any atom is -0.495 e. The van der Waals surface area contributed by atoms with E-state index in [1.165, 1.54) is 0 Å². The maximum absolute atomic E-state index is 12.7. The van der Waals surface area contributed by atoms with Gasteiger partial charge in [-0.15, -0.1) is 0 Å². The molecule has 0 bridgehead atoms. The molecular formula is C18H28ClNO3. The molecule has 1 unspecified atom stereocenters. The van der Waals surface area contributed by atoms with Crippen LogP contribution in [-0.2, 0) is 9.53 Å². The number of halogens is 1. The number of rotatable bonds is 10. The molecule has 0 aromatic heterocycles. The van der Waals surface area contributed by atoms with Gasteiger partial charge in [0.1, 0.15) is 11.4 Å². The summed E-state index contributed by atoms with van der Waals surface area (Å²) in [6.07, 6.45) is 4.75. The average molecular weight is 342 g/mol. The van der Waals surface area contributed by atoms with Gasteiger partial charge in [0.05, 0.1) is 12.1 Å². The third kappa shape index (κ3) is 6.04. The Bertz CT molecular complexity index is 507. The molecule has 1 amide bonds. The summed E-state index contributed by atoms with van der Waals surface area (Å²) in [7, 11) is 1.56. The zero-order valence-corrected chi connectivity index (χ0v) is 15.3. The number of unbranched alkanes of at least 4 members (excludes halogenated alkanes) is 2. The summed E-state index contributed by atoms with van der Waals surface area (Å²) in [5.41, 5.74) is -0.181. The maximum Gasteiger partial charge on any atom is 0.256 e. The molecule has 4 nitrogen and oxygen atoms in total. The van der Waals surface area contributed by atoms with E-state index in [0.717, 1.165) is 25.7 Å². The Balaban J connectivity index is 2.80. The summed E-state index contributed by atoms with van der Waals surface area (Å²) in [6.45, 7) is 6.61. The lowest BCUT2D eigenvalue weighted by Gasteiger charge is -2.29. The van der Waals surface area contributed by atoms with Crippen LogP contribution in [0.25, 0.3) is 0 Å². The molecule has 1 N–H and O–H groups in total. The van der Waals surface area contributed by atoms with Crippen molar-refractivity contribution in [2.24, 2.45) is 0 Å². The van der Waals surface area contributed by atoms with Gasteiger partial charge >= 0.3 is 0 Å². The highest BCUT2D eigenvalue weighted by Gasteiger charge is 2.33. The molecule has 0 aliphatic rings. The van der Waals surface area contributed by atoms with Crippen molar-refractivity contribution in [1.29, 1.82) is 0 Å². The van der Waals surface area contributed by atoms with E-state index in [2.05, 4.69) is 12.2 Å². The van der Waals surface area contributed by atoms with E-state index in [4.69, 9.17) is 21.1 Å². The second-order valence-corrected chi connectivity index (χ2v) is 6.25. The Morgan fingerprint density at radius 3 is 2.57 bits per heavy atom. The van der Waals surface area contributed by atoms with E-state index in [0.29, 0.717) is 29.5 Å². The van der Waals surface area contributed by atoms with Gasteiger partial charge in [-0.1, -0.05) is 44.7 Å². The van der Waals surface area contributed by atoms with Crippen LogP contribution in [0, 0.1) is 0 Å². The fourth-order valence-electron chi connectivity index (χ4n) is 2.30. The van der Waals surface area contributed by atoms with E-state index in [9.17, 15) is 4.79 Å². The van der Waals surface area contributed by atoms with Gasteiger partial charge in [0.15, 0.2) is 0 Å². The summed E-state index contributed by atoms with van der Waals surface area (Å²) in [6, 6.07) is 5.19. The van der Waals surface area contributed by atoms with Gasteiger partial charge < -0.3 is 14.8 Å². The van der Waals surface area contributed by atoms with Crippen LogP contribution in [0.3, 0.4) is 0 Å². The van der Waals surface area contributed by atoms with Crippen LogP contribution >= 0.6 is 11.6 Å². The standard InChI is InChI=1S/C18H28ClNO3/c1-5-7-8-11-18(3,23-12-6-2)17(21)20-14-9-10-16(22-4)15(19)13-14/h9-10,13H,5-8,11-12H2,1-4H3,(H,20,21). The molecule has 0 spiro atoms. The summed E-state index contributed by atoms with van der Waals surface area (Å²) < 4.78 is 11.0. The Labute approximate surface area is 144 Å². The lowest BCUT2D eigenvalue weighted by molar-refractivity contribution is -0.140. The van der Waals surface area contributed by atoms with Crippen LogP contribution in [0.5, 0.6) is 5.75 Å². The molecule has 1 rings (SSSR count). The highest BCUT2D eigenvalue weighted by atomic mass is 35.5. The Morgan fingerprint density at radius 1 is 1.26 bits per heavy atom. The zero-order chi connectivity index (χ0) is 17.3. The van der Waals surface area contributed by atoms with Crippen molar-refractivity contribution in [3.8, 4) is 5.75 Å². The number of amides is 1. The Morgan fingerprint density at radius 2 is 2.00 bits per heavy atom. The molecule has 1 aromatic rings. The van der Waals surface area contributed by atoms with E-state index in [1.807, 2.05) is 13.8 Å². The van der Waals surface area contributed by atoms with Crippen molar-refractivity contribution in [1.82, 2.24) is 0 Å². The lowest BCUT2D eigenvalue weighted by atomic mass is 9.96. The fourth-order valence-corrected chi connectivity index (χ4v) is 2.56. The number of anilines is 1. The van der Waals surface area contributed by atoms with E-state index < -0.39 is 5.60 Å². The van der Waals surface area contributed by atoms with Crippen molar-refractivity contribution < 1.29 is 14.3 Å². The molecule has 5 heteroatoms. The molecular weight excluding hydrogens is 314 g/mol. The van der Waals surface area contributed by atoms with Crippen LogP contribution in [-0.4, -0.2) is 25.2 Å². The number of hydrogen-bond donors (Lipinski definition) is 1. The largest absolute Gasteiger partial charge is 0.495 e. The minimum atomic E-state index is -0.822. The lowest BCUT2D eigenvalue weighted by Crippen LogP contribution is -2.43. The molecule has 0 aliphatic heterocycles. The van der Waals surface area contributed by atoms with Gasteiger partial charge in [-0.05, 0) is 38.0 Å². The first-order valence-corrected chi connectivity index (χ1v) is 8.63. The van der Waals surface area contributed by atoms with Crippen molar-refractivity contribution in [2.45, 2.75) is 58.5 Å². The molecule has 1 atom stereocenters. The fraction of sp³-hybridized carbons (Fsp3) is 0.611. The number of nitrogens with one attached hydrogen (secondary N) is 1. The van der Waals surface area contributed by atoms with E-state index in [-0.39, 0.29) is 5.91 Å². The van der Waals surface area contributed by atoms with Gasteiger partial charge in [-0.25, -0.2) is 0 Å². The quantitative estimate of drug-likeness (QED) is 0.605. The van der Waals surface area contributed by atoms with Gasteiger partial charge in [-0.2, -0.15) is 0 Å². The van der Waals surface area contributed by atoms with Crippen LogP contribution in [0.1, 0.15) is 52.9 Å². The Kier molecular flexibility index (Phi) is 8.42. The molecule has 130 valence electrons. The van der Waals surface area contributed by atoms with Crippen molar-refractivity contribution in [2.75, 3.05) is 19.0 Å². The predicted molar refractivity (Wildman–Crippen MR) is 95.4 cm³/mol. The smallest absolute Gasteiger partial charge is 0.256 e. The molecule has 0 fully saturated rings. The summed E-state index contributed by atoms with van der Waals surface area (Å²) in [5.74, 6) is 0.445. The summed E-state index contributed by atoms with van der Waals surface area (Å²) >= 11 is 6.11. The molecule has 1 aromatic carbocycles. The molecule has 0 saturated carbocycles. The zero-order valence-electron chi connectivity index (χ0n) is 14.6. The van der Waals surface area contributed by atoms with Gasteiger partial charge in [0.25, 0.3) is 5.91 Å². The van der Waals surface area contributed by atoms with Gasteiger partial charge in [0, 0.05) is 12.3 Å². The minimum absolute atomic E-state index is 0.136. The molecule has 0 saturated heterocycles.